The number of anilines is 1. The molecular weight excluding hydrogens is 383 g/mol. The Morgan fingerprint density at radius 3 is 2.86 bits per heavy atom. The number of carbonyl (C=O) groups is 1. The van der Waals surface area contributed by atoms with Crippen LogP contribution in [0.4, 0.5) is 18.9 Å². The molecule has 4 rings (SSSR count). The van der Waals surface area contributed by atoms with Crippen molar-refractivity contribution in [2.24, 2.45) is 7.05 Å². The van der Waals surface area contributed by atoms with E-state index in [2.05, 4.69) is 15.4 Å². The van der Waals surface area contributed by atoms with Crippen LogP contribution in [0.2, 0.25) is 0 Å². The molecule has 1 amide bonds. The summed E-state index contributed by atoms with van der Waals surface area (Å²) >= 11 is 0. The zero-order chi connectivity index (χ0) is 20.6. The summed E-state index contributed by atoms with van der Waals surface area (Å²) in [6, 6.07) is 6.76. The van der Waals surface area contributed by atoms with Crippen molar-refractivity contribution in [3.05, 3.63) is 54.0 Å². The molecule has 1 fully saturated rings. The van der Waals surface area contributed by atoms with Gasteiger partial charge in [0.05, 0.1) is 35.6 Å². The number of pyridine rings is 1. The smallest absolute Gasteiger partial charge is 0.368 e. The third-order valence-electron chi connectivity index (χ3n) is 5.14. The summed E-state index contributed by atoms with van der Waals surface area (Å²) < 4.78 is 40.4. The van der Waals surface area contributed by atoms with E-state index in [0.29, 0.717) is 25.2 Å². The average molecular weight is 403 g/mol. The van der Waals surface area contributed by atoms with Crippen molar-refractivity contribution >= 4 is 22.5 Å². The Morgan fingerprint density at radius 1 is 1.24 bits per heavy atom. The van der Waals surface area contributed by atoms with E-state index in [-0.39, 0.29) is 18.4 Å². The quantitative estimate of drug-likeness (QED) is 0.728. The first-order chi connectivity index (χ1) is 13.8. The highest BCUT2D eigenvalue weighted by molar-refractivity contribution is 5.83. The van der Waals surface area contributed by atoms with Gasteiger partial charge >= 0.3 is 6.18 Å². The standard InChI is InChI=1S/C20H20F3N5O/c1-27-18-3-2-13(6-14(18)9-25-27)7-19(29)26-16-4-5-28(12-16)17-8-15(10-24-11-17)20(21,22)23/h2-3,6,8-11,16H,4-5,7,12H2,1H3,(H,26,29)/t16-/m1/s1. The van der Waals surface area contributed by atoms with Crippen LogP contribution in [-0.2, 0) is 24.4 Å². The van der Waals surface area contributed by atoms with Gasteiger partial charge in [-0.15, -0.1) is 0 Å². The Hall–Kier alpha value is -3.10. The van der Waals surface area contributed by atoms with Gasteiger partial charge in [-0.2, -0.15) is 18.3 Å². The number of aromatic nitrogens is 3. The zero-order valence-corrected chi connectivity index (χ0v) is 15.8. The van der Waals surface area contributed by atoms with Gasteiger partial charge in [0.15, 0.2) is 0 Å². The van der Waals surface area contributed by atoms with Crippen molar-refractivity contribution in [2.75, 3.05) is 18.0 Å². The molecule has 2 aromatic heterocycles. The van der Waals surface area contributed by atoms with Crippen LogP contribution in [0, 0.1) is 0 Å². The highest BCUT2D eigenvalue weighted by Gasteiger charge is 2.32. The van der Waals surface area contributed by atoms with E-state index in [4.69, 9.17) is 0 Å². The number of halogens is 3. The highest BCUT2D eigenvalue weighted by Crippen LogP contribution is 2.31. The molecule has 3 heterocycles. The normalized spacial score (nSPS) is 17.1. The van der Waals surface area contributed by atoms with Crippen molar-refractivity contribution in [1.29, 1.82) is 0 Å². The molecule has 1 saturated heterocycles. The number of rotatable bonds is 4. The van der Waals surface area contributed by atoms with Crippen LogP contribution < -0.4 is 10.2 Å². The average Bonchev–Trinajstić information content (AvgIpc) is 3.28. The predicted molar refractivity (Wildman–Crippen MR) is 102 cm³/mol. The second-order valence-corrected chi connectivity index (χ2v) is 7.27. The summed E-state index contributed by atoms with van der Waals surface area (Å²) in [7, 11) is 1.86. The van der Waals surface area contributed by atoms with Crippen molar-refractivity contribution in [3.8, 4) is 0 Å². The maximum atomic E-state index is 12.9. The lowest BCUT2D eigenvalue weighted by molar-refractivity contribution is -0.137. The number of nitrogens with zero attached hydrogens (tertiary/aromatic N) is 4. The van der Waals surface area contributed by atoms with Crippen LogP contribution in [-0.4, -0.2) is 39.8 Å². The van der Waals surface area contributed by atoms with Crippen molar-refractivity contribution in [1.82, 2.24) is 20.1 Å². The number of fused-ring (bicyclic) bond motifs is 1. The van der Waals surface area contributed by atoms with Crippen molar-refractivity contribution in [3.63, 3.8) is 0 Å². The van der Waals surface area contributed by atoms with E-state index in [9.17, 15) is 18.0 Å². The van der Waals surface area contributed by atoms with Crippen molar-refractivity contribution < 1.29 is 18.0 Å². The minimum atomic E-state index is -4.42. The third-order valence-corrected chi connectivity index (χ3v) is 5.14. The van der Waals surface area contributed by atoms with E-state index in [1.807, 2.05) is 30.1 Å². The van der Waals surface area contributed by atoms with Crippen molar-refractivity contribution in [2.45, 2.75) is 25.1 Å². The van der Waals surface area contributed by atoms with Gasteiger partial charge in [-0.3, -0.25) is 14.5 Å². The minimum absolute atomic E-state index is 0.109. The molecule has 0 unspecified atom stereocenters. The summed E-state index contributed by atoms with van der Waals surface area (Å²) in [5.74, 6) is -0.109. The second-order valence-electron chi connectivity index (χ2n) is 7.27. The lowest BCUT2D eigenvalue weighted by Crippen LogP contribution is -2.38. The first-order valence-electron chi connectivity index (χ1n) is 9.27. The molecule has 0 aliphatic carbocycles. The summed E-state index contributed by atoms with van der Waals surface area (Å²) in [5.41, 5.74) is 1.53. The monoisotopic (exact) mass is 403 g/mol. The Morgan fingerprint density at radius 2 is 2.07 bits per heavy atom. The number of benzene rings is 1. The van der Waals surface area contributed by atoms with E-state index in [0.717, 1.165) is 28.7 Å². The van der Waals surface area contributed by atoms with Gasteiger partial charge in [0.25, 0.3) is 0 Å². The van der Waals surface area contributed by atoms with E-state index in [1.54, 1.807) is 10.9 Å². The largest absolute Gasteiger partial charge is 0.417 e. The van der Waals surface area contributed by atoms with Crippen LogP contribution in [0.15, 0.2) is 42.9 Å². The fraction of sp³-hybridized carbons (Fsp3) is 0.350. The molecule has 0 radical (unpaired) electrons. The van der Waals surface area contributed by atoms with E-state index < -0.39 is 11.7 Å². The van der Waals surface area contributed by atoms with Crippen LogP contribution in [0.25, 0.3) is 10.9 Å². The number of carbonyl (C=O) groups excluding carboxylic acids is 1. The molecule has 3 aromatic rings. The lowest BCUT2D eigenvalue weighted by Gasteiger charge is -2.20. The first kappa shape index (κ1) is 19.2. The summed E-state index contributed by atoms with van der Waals surface area (Å²) in [6.07, 6.45) is 0.483. The van der Waals surface area contributed by atoms with Gasteiger partial charge in [0.2, 0.25) is 5.91 Å². The van der Waals surface area contributed by atoms with Gasteiger partial charge < -0.3 is 10.2 Å². The van der Waals surface area contributed by atoms with E-state index >= 15 is 0 Å². The maximum Gasteiger partial charge on any atom is 0.417 e. The molecule has 1 atom stereocenters. The Balaban J connectivity index is 1.36. The molecule has 1 aromatic carbocycles. The molecule has 9 heteroatoms. The Labute approximate surface area is 165 Å². The Kier molecular flexibility index (Phi) is 4.89. The number of amides is 1. The number of hydrogen-bond donors (Lipinski definition) is 1. The van der Waals surface area contributed by atoms with E-state index in [1.165, 1.54) is 6.20 Å². The van der Waals surface area contributed by atoms with Crippen LogP contribution in [0.5, 0.6) is 0 Å². The minimum Gasteiger partial charge on any atom is -0.368 e. The topological polar surface area (TPSA) is 63.1 Å². The summed E-state index contributed by atoms with van der Waals surface area (Å²) in [4.78, 5) is 17.9. The predicted octanol–water partition coefficient (Wildman–Crippen LogP) is 2.92. The fourth-order valence-corrected chi connectivity index (χ4v) is 3.66. The van der Waals surface area contributed by atoms with Crippen LogP contribution in [0.3, 0.4) is 0 Å². The first-order valence-corrected chi connectivity index (χ1v) is 9.27. The molecule has 1 aliphatic heterocycles. The molecule has 29 heavy (non-hydrogen) atoms. The maximum absolute atomic E-state index is 12.9. The summed E-state index contributed by atoms with van der Waals surface area (Å²) in [5, 5.41) is 8.15. The van der Waals surface area contributed by atoms with Crippen LogP contribution >= 0.6 is 0 Å². The Bertz CT molecular complexity index is 1050. The molecule has 0 saturated carbocycles. The number of nitrogens with one attached hydrogen (secondary N) is 1. The van der Waals surface area contributed by atoms with Gasteiger partial charge in [-0.05, 0) is 30.2 Å². The third kappa shape index (κ3) is 4.18. The number of aryl methyl sites for hydroxylation is 1. The molecule has 1 aliphatic rings. The second kappa shape index (κ2) is 7.38. The highest BCUT2D eigenvalue weighted by atomic mass is 19.4. The molecule has 6 nitrogen and oxygen atoms in total. The SMILES string of the molecule is Cn1ncc2cc(CC(=O)N[C@@H]3CCN(c4cncc(C(F)(F)F)c4)C3)ccc21. The fourth-order valence-electron chi connectivity index (χ4n) is 3.66. The molecule has 152 valence electrons. The van der Waals surface area contributed by atoms with Crippen LogP contribution in [0.1, 0.15) is 17.5 Å². The van der Waals surface area contributed by atoms with Gasteiger partial charge in [0.1, 0.15) is 0 Å². The summed E-state index contributed by atoms with van der Waals surface area (Å²) in [6.45, 7) is 1.02. The lowest BCUT2D eigenvalue weighted by atomic mass is 10.1. The molecule has 0 spiro atoms. The van der Waals surface area contributed by atoms with Gasteiger partial charge in [0, 0.05) is 37.8 Å². The zero-order valence-electron chi connectivity index (χ0n) is 15.8. The molecule has 0 bridgehead atoms. The number of hydrogen-bond acceptors (Lipinski definition) is 4. The number of alkyl halides is 3. The molecule has 1 N–H and O–H groups in total. The van der Waals surface area contributed by atoms with Gasteiger partial charge in [-0.25, -0.2) is 0 Å². The van der Waals surface area contributed by atoms with Gasteiger partial charge in [-0.1, -0.05) is 6.07 Å². The molecular formula is C20H20F3N5O.